The molecule has 1 saturated heterocycles. The molecule has 1 aliphatic rings. The van der Waals surface area contributed by atoms with Crippen LogP contribution in [0.25, 0.3) is 0 Å². The maximum Gasteiger partial charge on any atom is 0.236 e. The standard InChI is InChI=1S/C8H16N2O2/c1-6(11)7-3-2-4-10(7)8(12)5-9/h6-7,11H,2-5,9H2,1H3/t6-,7+/m0/s1. The van der Waals surface area contributed by atoms with Crippen LogP contribution in [-0.2, 0) is 4.79 Å². The van der Waals surface area contributed by atoms with Gasteiger partial charge >= 0.3 is 0 Å². The maximum atomic E-state index is 11.2. The topological polar surface area (TPSA) is 66.6 Å². The summed E-state index contributed by atoms with van der Waals surface area (Å²) in [6.45, 7) is 2.50. The minimum atomic E-state index is -0.442. The van der Waals surface area contributed by atoms with E-state index in [9.17, 15) is 9.90 Å². The van der Waals surface area contributed by atoms with E-state index in [0.29, 0.717) is 0 Å². The highest BCUT2D eigenvalue weighted by atomic mass is 16.3. The van der Waals surface area contributed by atoms with Crippen molar-refractivity contribution in [2.45, 2.75) is 31.9 Å². The van der Waals surface area contributed by atoms with E-state index < -0.39 is 6.10 Å². The van der Waals surface area contributed by atoms with Crippen LogP contribution in [0.3, 0.4) is 0 Å². The minimum absolute atomic E-state index is 0.0129. The number of nitrogens with two attached hydrogens (primary N) is 1. The van der Waals surface area contributed by atoms with E-state index in [2.05, 4.69) is 0 Å². The fraction of sp³-hybridized carbons (Fsp3) is 0.875. The van der Waals surface area contributed by atoms with Gasteiger partial charge in [0.05, 0.1) is 18.7 Å². The molecule has 4 nitrogen and oxygen atoms in total. The molecule has 0 aliphatic carbocycles. The third-order valence-corrected chi connectivity index (χ3v) is 2.35. The molecule has 3 N–H and O–H groups in total. The van der Waals surface area contributed by atoms with Gasteiger partial charge in [0, 0.05) is 6.54 Å². The van der Waals surface area contributed by atoms with Gasteiger partial charge in [-0.2, -0.15) is 0 Å². The first kappa shape index (κ1) is 9.48. The Labute approximate surface area is 72.3 Å². The van der Waals surface area contributed by atoms with Crippen LogP contribution in [-0.4, -0.2) is 41.1 Å². The van der Waals surface area contributed by atoms with Gasteiger partial charge in [0.15, 0.2) is 0 Å². The Bertz CT molecular complexity index is 170. The number of aliphatic hydroxyl groups is 1. The van der Waals surface area contributed by atoms with Crippen LogP contribution in [0.1, 0.15) is 19.8 Å². The maximum absolute atomic E-state index is 11.2. The Morgan fingerprint density at radius 1 is 1.83 bits per heavy atom. The van der Waals surface area contributed by atoms with Crippen molar-refractivity contribution >= 4 is 5.91 Å². The molecule has 0 radical (unpaired) electrons. The lowest BCUT2D eigenvalue weighted by Crippen LogP contribution is -2.44. The summed E-state index contributed by atoms with van der Waals surface area (Å²) in [4.78, 5) is 12.9. The quantitative estimate of drug-likeness (QED) is 0.580. The monoisotopic (exact) mass is 172 g/mol. The second kappa shape index (κ2) is 3.87. The zero-order valence-electron chi connectivity index (χ0n) is 7.36. The third kappa shape index (κ3) is 1.76. The number of aliphatic hydroxyl groups excluding tert-OH is 1. The summed E-state index contributed by atoms with van der Waals surface area (Å²) in [5, 5.41) is 9.33. The van der Waals surface area contributed by atoms with Gasteiger partial charge in [-0.15, -0.1) is 0 Å². The number of amides is 1. The van der Waals surface area contributed by atoms with Gasteiger partial charge in [0.2, 0.25) is 5.91 Å². The summed E-state index contributed by atoms with van der Waals surface area (Å²) in [5.74, 6) is -0.0570. The SMILES string of the molecule is C[C@H](O)[C@H]1CCCN1C(=O)CN. The molecule has 0 bridgehead atoms. The van der Waals surface area contributed by atoms with Crippen molar-refractivity contribution in [1.82, 2.24) is 4.90 Å². The highest BCUT2D eigenvalue weighted by Crippen LogP contribution is 2.19. The van der Waals surface area contributed by atoms with Gasteiger partial charge in [0.1, 0.15) is 0 Å². The molecule has 1 heterocycles. The Kier molecular flexibility index (Phi) is 3.05. The van der Waals surface area contributed by atoms with Crippen LogP contribution < -0.4 is 5.73 Å². The second-order valence-corrected chi connectivity index (χ2v) is 3.24. The predicted molar refractivity (Wildman–Crippen MR) is 45.5 cm³/mol. The van der Waals surface area contributed by atoms with Crippen LogP contribution in [0, 0.1) is 0 Å². The van der Waals surface area contributed by atoms with E-state index >= 15 is 0 Å². The Balaban J connectivity index is 2.57. The van der Waals surface area contributed by atoms with Crippen molar-refractivity contribution in [1.29, 1.82) is 0 Å². The van der Waals surface area contributed by atoms with E-state index in [1.807, 2.05) is 0 Å². The van der Waals surface area contributed by atoms with Crippen molar-refractivity contribution in [3.63, 3.8) is 0 Å². The molecule has 70 valence electrons. The molecule has 1 amide bonds. The molecule has 0 aromatic carbocycles. The molecular formula is C8H16N2O2. The van der Waals surface area contributed by atoms with Gasteiger partial charge in [-0.3, -0.25) is 4.79 Å². The lowest BCUT2D eigenvalue weighted by molar-refractivity contribution is -0.132. The summed E-state index contributed by atoms with van der Waals surface area (Å²) in [5.41, 5.74) is 5.24. The number of hydrogen-bond acceptors (Lipinski definition) is 3. The molecule has 1 fully saturated rings. The molecule has 0 saturated carbocycles. The van der Waals surface area contributed by atoms with Gasteiger partial charge in [-0.05, 0) is 19.8 Å². The van der Waals surface area contributed by atoms with Crippen LogP contribution in [0.5, 0.6) is 0 Å². The smallest absolute Gasteiger partial charge is 0.236 e. The molecule has 2 atom stereocenters. The van der Waals surface area contributed by atoms with Crippen molar-refractivity contribution in [2.75, 3.05) is 13.1 Å². The van der Waals surface area contributed by atoms with Crippen molar-refractivity contribution in [3.05, 3.63) is 0 Å². The van der Waals surface area contributed by atoms with E-state index in [0.717, 1.165) is 19.4 Å². The average Bonchev–Trinajstić information content (AvgIpc) is 2.50. The highest BCUT2D eigenvalue weighted by molar-refractivity contribution is 5.78. The van der Waals surface area contributed by atoms with E-state index in [-0.39, 0.29) is 18.5 Å². The summed E-state index contributed by atoms with van der Waals surface area (Å²) < 4.78 is 0. The Hall–Kier alpha value is -0.610. The lowest BCUT2D eigenvalue weighted by atomic mass is 10.1. The highest BCUT2D eigenvalue weighted by Gasteiger charge is 2.30. The summed E-state index contributed by atoms with van der Waals surface area (Å²) >= 11 is 0. The van der Waals surface area contributed by atoms with Gasteiger partial charge < -0.3 is 15.7 Å². The molecule has 0 aromatic rings. The number of carbonyl (C=O) groups excluding carboxylic acids is 1. The first-order valence-electron chi connectivity index (χ1n) is 4.34. The zero-order chi connectivity index (χ0) is 9.14. The fourth-order valence-corrected chi connectivity index (χ4v) is 1.72. The van der Waals surface area contributed by atoms with Crippen molar-refractivity contribution in [3.8, 4) is 0 Å². The predicted octanol–water partition coefficient (Wildman–Crippen LogP) is -0.683. The Morgan fingerprint density at radius 3 is 3.00 bits per heavy atom. The average molecular weight is 172 g/mol. The molecule has 1 rings (SSSR count). The lowest BCUT2D eigenvalue weighted by Gasteiger charge is -2.26. The van der Waals surface area contributed by atoms with E-state index in [1.54, 1.807) is 11.8 Å². The molecule has 0 unspecified atom stereocenters. The fourth-order valence-electron chi connectivity index (χ4n) is 1.72. The van der Waals surface area contributed by atoms with E-state index in [4.69, 9.17) is 5.73 Å². The van der Waals surface area contributed by atoms with Gasteiger partial charge in [-0.1, -0.05) is 0 Å². The number of rotatable bonds is 2. The molecule has 1 aliphatic heterocycles. The summed E-state index contributed by atoms with van der Waals surface area (Å²) in [7, 11) is 0. The van der Waals surface area contributed by atoms with Crippen LogP contribution >= 0.6 is 0 Å². The minimum Gasteiger partial charge on any atom is -0.391 e. The number of nitrogens with zero attached hydrogens (tertiary/aromatic N) is 1. The molecule has 0 aromatic heterocycles. The largest absolute Gasteiger partial charge is 0.391 e. The van der Waals surface area contributed by atoms with Crippen LogP contribution in [0.4, 0.5) is 0 Å². The first-order chi connectivity index (χ1) is 5.66. The molecular weight excluding hydrogens is 156 g/mol. The number of likely N-dealkylation sites (tertiary alicyclic amines) is 1. The van der Waals surface area contributed by atoms with Crippen molar-refractivity contribution in [2.24, 2.45) is 5.73 Å². The number of carbonyl (C=O) groups is 1. The van der Waals surface area contributed by atoms with Crippen molar-refractivity contribution < 1.29 is 9.90 Å². The molecule has 4 heteroatoms. The van der Waals surface area contributed by atoms with Crippen LogP contribution in [0.2, 0.25) is 0 Å². The second-order valence-electron chi connectivity index (χ2n) is 3.24. The summed E-state index contributed by atoms with van der Waals surface area (Å²) in [6.07, 6.45) is 1.42. The zero-order valence-corrected chi connectivity index (χ0v) is 7.36. The molecule has 0 spiro atoms. The van der Waals surface area contributed by atoms with E-state index in [1.165, 1.54) is 0 Å². The summed E-state index contributed by atoms with van der Waals surface area (Å²) in [6, 6.07) is -0.0129. The van der Waals surface area contributed by atoms with Gasteiger partial charge in [0.25, 0.3) is 0 Å². The third-order valence-electron chi connectivity index (χ3n) is 2.35. The first-order valence-corrected chi connectivity index (χ1v) is 4.34. The normalized spacial score (nSPS) is 25.9. The molecule has 12 heavy (non-hydrogen) atoms. The van der Waals surface area contributed by atoms with Crippen LogP contribution in [0.15, 0.2) is 0 Å². The Morgan fingerprint density at radius 2 is 2.50 bits per heavy atom. The number of hydrogen-bond donors (Lipinski definition) is 2. The van der Waals surface area contributed by atoms with Gasteiger partial charge in [-0.25, -0.2) is 0 Å².